The largest absolute Gasteiger partial charge is 0.341 e. The Morgan fingerprint density at radius 3 is 2.61 bits per heavy atom. The fourth-order valence-corrected chi connectivity index (χ4v) is 3.18. The smallest absolute Gasteiger partial charge is 0.226 e. The Kier molecular flexibility index (Phi) is 4.36. The summed E-state index contributed by atoms with van der Waals surface area (Å²) in [7, 11) is 1.82. The second kappa shape index (κ2) is 6.44. The number of hydrogen-bond acceptors (Lipinski definition) is 2. The molecule has 2 unspecified atom stereocenters. The number of benzene rings is 2. The van der Waals surface area contributed by atoms with Crippen molar-refractivity contribution in [1.29, 1.82) is 5.26 Å². The normalized spacial score (nSPS) is 19.0. The lowest BCUT2D eigenvalue weighted by atomic mass is 10.1. The van der Waals surface area contributed by atoms with E-state index in [1.165, 1.54) is 0 Å². The Hall–Kier alpha value is -2.31. The van der Waals surface area contributed by atoms with E-state index in [1.54, 1.807) is 17.0 Å². The minimum atomic E-state index is 0.0262. The number of nitriles is 1. The predicted molar refractivity (Wildman–Crippen MR) is 89.9 cm³/mol. The Morgan fingerprint density at radius 1 is 1.26 bits per heavy atom. The number of hydrogen-bond donors (Lipinski definition) is 0. The molecule has 1 aliphatic carbocycles. The van der Waals surface area contributed by atoms with E-state index in [0.29, 0.717) is 12.1 Å². The zero-order valence-electron chi connectivity index (χ0n) is 12.9. The van der Waals surface area contributed by atoms with Crippen LogP contribution in [0.25, 0.3) is 0 Å². The summed E-state index contributed by atoms with van der Waals surface area (Å²) >= 11 is 6.22. The quantitative estimate of drug-likeness (QED) is 0.854. The second-order valence-electron chi connectivity index (χ2n) is 5.97. The number of carbonyl (C=O) groups is 1. The van der Waals surface area contributed by atoms with Gasteiger partial charge < -0.3 is 4.90 Å². The third kappa shape index (κ3) is 3.38. The molecule has 0 bridgehead atoms. The number of amides is 1. The number of carbonyl (C=O) groups excluding carboxylic acids is 1. The summed E-state index contributed by atoms with van der Waals surface area (Å²) in [5.74, 6) is 0.414. The van der Waals surface area contributed by atoms with Gasteiger partial charge in [-0.3, -0.25) is 4.79 Å². The van der Waals surface area contributed by atoms with Crippen LogP contribution in [-0.2, 0) is 11.3 Å². The van der Waals surface area contributed by atoms with Crippen LogP contribution in [0.5, 0.6) is 0 Å². The molecule has 3 rings (SSSR count). The van der Waals surface area contributed by atoms with Crippen molar-refractivity contribution < 1.29 is 4.79 Å². The maximum atomic E-state index is 12.6. The van der Waals surface area contributed by atoms with Crippen molar-refractivity contribution in [2.75, 3.05) is 7.05 Å². The van der Waals surface area contributed by atoms with Crippen LogP contribution in [0.2, 0.25) is 5.02 Å². The first-order valence-electron chi connectivity index (χ1n) is 7.58. The molecule has 0 aromatic heterocycles. The van der Waals surface area contributed by atoms with Crippen LogP contribution >= 0.6 is 11.6 Å². The van der Waals surface area contributed by atoms with Crippen molar-refractivity contribution in [2.24, 2.45) is 5.92 Å². The van der Waals surface area contributed by atoms with E-state index in [-0.39, 0.29) is 17.7 Å². The highest BCUT2D eigenvalue weighted by molar-refractivity contribution is 6.31. The average Bonchev–Trinajstić information content (AvgIpc) is 3.35. The summed E-state index contributed by atoms with van der Waals surface area (Å²) in [6.45, 7) is 0.552. The van der Waals surface area contributed by atoms with Gasteiger partial charge in [0.25, 0.3) is 0 Å². The van der Waals surface area contributed by atoms with Crippen molar-refractivity contribution in [2.45, 2.75) is 18.9 Å². The molecule has 0 spiro atoms. The van der Waals surface area contributed by atoms with Gasteiger partial charge in [-0.05, 0) is 41.7 Å². The van der Waals surface area contributed by atoms with Gasteiger partial charge >= 0.3 is 0 Å². The summed E-state index contributed by atoms with van der Waals surface area (Å²) in [6.07, 6.45) is 0.861. The Labute approximate surface area is 141 Å². The Balaban J connectivity index is 1.63. The zero-order valence-corrected chi connectivity index (χ0v) is 13.6. The first kappa shape index (κ1) is 15.6. The molecule has 4 heteroatoms. The fraction of sp³-hybridized carbons (Fsp3) is 0.263. The monoisotopic (exact) mass is 324 g/mol. The maximum absolute atomic E-state index is 12.6. The van der Waals surface area contributed by atoms with Crippen LogP contribution < -0.4 is 0 Å². The first-order valence-corrected chi connectivity index (χ1v) is 7.96. The number of nitrogens with zero attached hydrogens (tertiary/aromatic N) is 2. The molecule has 3 nitrogen and oxygen atoms in total. The molecule has 116 valence electrons. The maximum Gasteiger partial charge on any atom is 0.226 e. The lowest BCUT2D eigenvalue weighted by molar-refractivity contribution is -0.131. The molecule has 23 heavy (non-hydrogen) atoms. The van der Waals surface area contributed by atoms with Crippen molar-refractivity contribution in [1.82, 2.24) is 4.90 Å². The van der Waals surface area contributed by atoms with Crippen molar-refractivity contribution in [3.05, 3.63) is 70.2 Å². The van der Waals surface area contributed by atoms with Crippen LogP contribution in [0, 0.1) is 17.2 Å². The van der Waals surface area contributed by atoms with E-state index in [9.17, 15) is 4.79 Å². The van der Waals surface area contributed by atoms with Crippen LogP contribution in [-0.4, -0.2) is 17.9 Å². The summed E-state index contributed by atoms with van der Waals surface area (Å²) in [6, 6.07) is 17.2. The van der Waals surface area contributed by atoms with E-state index in [1.807, 2.05) is 43.4 Å². The van der Waals surface area contributed by atoms with Crippen molar-refractivity contribution >= 4 is 17.5 Å². The Morgan fingerprint density at radius 2 is 1.96 bits per heavy atom. The molecule has 1 amide bonds. The van der Waals surface area contributed by atoms with Crippen LogP contribution in [0.15, 0.2) is 48.5 Å². The number of halogens is 1. The molecule has 1 fully saturated rings. The molecular formula is C19H17ClN2O. The summed E-state index contributed by atoms with van der Waals surface area (Å²) in [4.78, 5) is 14.3. The van der Waals surface area contributed by atoms with Gasteiger partial charge in [-0.25, -0.2) is 0 Å². The number of rotatable bonds is 4. The molecule has 0 aliphatic heterocycles. The van der Waals surface area contributed by atoms with E-state index in [4.69, 9.17) is 16.9 Å². The van der Waals surface area contributed by atoms with E-state index in [0.717, 1.165) is 22.6 Å². The van der Waals surface area contributed by atoms with Gasteiger partial charge in [0, 0.05) is 24.5 Å². The van der Waals surface area contributed by atoms with Gasteiger partial charge in [0.1, 0.15) is 0 Å². The van der Waals surface area contributed by atoms with Gasteiger partial charge in [0.05, 0.1) is 11.6 Å². The molecule has 0 radical (unpaired) electrons. The second-order valence-corrected chi connectivity index (χ2v) is 6.38. The minimum Gasteiger partial charge on any atom is -0.341 e. The SMILES string of the molecule is CN(Cc1ccc(C#N)cc1)C(=O)C1CC1c1ccccc1Cl. The standard InChI is InChI=1S/C19H17ClN2O/c1-22(12-14-8-6-13(11-21)7-9-14)19(23)17-10-16(17)15-4-2-3-5-18(15)20/h2-9,16-17H,10,12H2,1H3. The predicted octanol–water partition coefficient (Wildman–Crippen LogP) is 3.97. The van der Waals surface area contributed by atoms with E-state index in [2.05, 4.69) is 6.07 Å². The molecule has 0 heterocycles. The van der Waals surface area contributed by atoms with Crippen molar-refractivity contribution in [3.63, 3.8) is 0 Å². The molecule has 2 aromatic carbocycles. The van der Waals surface area contributed by atoms with Crippen molar-refractivity contribution in [3.8, 4) is 6.07 Å². The van der Waals surface area contributed by atoms with Gasteiger partial charge in [0.2, 0.25) is 5.91 Å². The van der Waals surface area contributed by atoms with Gasteiger partial charge in [-0.1, -0.05) is 41.9 Å². The molecule has 1 saturated carbocycles. The highest BCUT2D eigenvalue weighted by Crippen LogP contribution is 2.50. The molecule has 0 N–H and O–H groups in total. The van der Waals surface area contributed by atoms with Crippen LogP contribution in [0.4, 0.5) is 0 Å². The van der Waals surface area contributed by atoms with Gasteiger partial charge in [0.15, 0.2) is 0 Å². The minimum absolute atomic E-state index is 0.0262. The highest BCUT2D eigenvalue weighted by Gasteiger charge is 2.45. The lowest BCUT2D eigenvalue weighted by Crippen LogP contribution is -2.28. The van der Waals surface area contributed by atoms with Crippen LogP contribution in [0.1, 0.15) is 29.0 Å². The summed E-state index contributed by atoms with van der Waals surface area (Å²) in [5.41, 5.74) is 2.72. The third-order valence-electron chi connectivity index (χ3n) is 4.29. The van der Waals surface area contributed by atoms with Gasteiger partial charge in [-0.2, -0.15) is 5.26 Å². The van der Waals surface area contributed by atoms with Gasteiger partial charge in [-0.15, -0.1) is 0 Å². The highest BCUT2D eigenvalue weighted by atomic mass is 35.5. The summed E-state index contributed by atoms with van der Waals surface area (Å²) in [5, 5.41) is 9.55. The first-order chi connectivity index (χ1) is 11.1. The molecular weight excluding hydrogens is 308 g/mol. The fourth-order valence-electron chi connectivity index (χ4n) is 2.91. The lowest BCUT2D eigenvalue weighted by Gasteiger charge is -2.17. The molecule has 1 aliphatic rings. The van der Waals surface area contributed by atoms with Crippen LogP contribution in [0.3, 0.4) is 0 Å². The topological polar surface area (TPSA) is 44.1 Å². The summed E-state index contributed by atoms with van der Waals surface area (Å²) < 4.78 is 0. The average molecular weight is 325 g/mol. The molecule has 2 atom stereocenters. The Bertz CT molecular complexity index is 764. The molecule has 0 saturated heterocycles. The zero-order chi connectivity index (χ0) is 16.4. The van der Waals surface area contributed by atoms with E-state index >= 15 is 0 Å². The van der Waals surface area contributed by atoms with E-state index < -0.39 is 0 Å². The molecule has 2 aromatic rings. The third-order valence-corrected chi connectivity index (χ3v) is 4.64.